The lowest BCUT2D eigenvalue weighted by atomic mass is 9.95. The number of nitrogens with one attached hydrogen (secondary N) is 3. The van der Waals surface area contributed by atoms with Gasteiger partial charge in [-0.25, -0.2) is 10.3 Å². The fourth-order valence-corrected chi connectivity index (χ4v) is 2.64. The highest BCUT2D eigenvalue weighted by Crippen LogP contribution is 2.19. The molecule has 6 nitrogen and oxygen atoms in total. The number of benzene rings is 1. The molecule has 0 bridgehead atoms. The SMILES string of the molecule is O=C(NO)NC(C(=O)NC1CCCCC1)c1ccccc1. The number of amides is 3. The Balaban J connectivity index is 2.06. The van der Waals surface area contributed by atoms with Gasteiger partial charge in [0.25, 0.3) is 0 Å². The van der Waals surface area contributed by atoms with Crippen molar-refractivity contribution in [3.8, 4) is 0 Å². The second kappa shape index (κ2) is 7.64. The lowest BCUT2D eigenvalue weighted by Crippen LogP contribution is -2.47. The van der Waals surface area contributed by atoms with E-state index in [1.165, 1.54) is 11.9 Å². The molecule has 21 heavy (non-hydrogen) atoms. The van der Waals surface area contributed by atoms with Crippen LogP contribution in [-0.2, 0) is 4.79 Å². The Morgan fingerprint density at radius 3 is 2.38 bits per heavy atom. The highest BCUT2D eigenvalue weighted by Gasteiger charge is 2.25. The fraction of sp³-hybridized carbons (Fsp3) is 0.467. The molecule has 0 aromatic heterocycles. The zero-order valence-corrected chi connectivity index (χ0v) is 11.8. The Morgan fingerprint density at radius 1 is 1.10 bits per heavy atom. The summed E-state index contributed by atoms with van der Waals surface area (Å²) >= 11 is 0. The van der Waals surface area contributed by atoms with E-state index in [1.54, 1.807) is 24.3 Å². The number of rotatable bonds is 4. The van der Waals surface area contributed by atoms with E-state index in [0.29, 0.717) is 5.56 Å². The highest BCUT2D eigenvalue weighted by atomic mass is 16.5. The first kappa shape index (κ1) is 15.3. The molecule has 2 rings (SSSR count). The molecule has 1 atom stereocenters. The van der Waals surface area contributed by atoms with Crippen molar-refractivity contribution in [2.24, 2.45) is 0 Å². The van der Waals surface area contributed by atoms with Gasteiger partial charge in [-0.2, -0.15) is 0 Å². The molecule has 114 valence electrons. The Morgan fingerprint density at radius 2 is 1.76 bits per heavy atom. The summed E-state index contributed by atoms with van der Waals surface area (Å²) in [6.07, 6.45) is 5.38. The maximum Gasteiger partial charge on any atom is 0.339 e. The minimum Gasteiger partial charge on any atom is -0.351 e. The third kappa shape index (κ3) is 4.46. The average Bonchev–Trinajstić information content (AvgIpc) is 2.54. The van der Waals surface area contributed by atoms with Crippen LogP contribution < -0.4 is 16.1 Å². The third-order valence-corrected chi connectivity index (χ3v) is 3.72. The molecule has 6 heteroatoms. The molecule has 1 aromatic carbocycles. The summed E-state index contributed by atoms with van der Waals surface area (Å²) in [5.41, 5.74) is 2.17. The summed E-state index contributed by atoms with van der Waals surface area (Å²) in [7, 11) is 0. The van der Waals surface area contributed by atoms with Crippen molar-refractivity contribution in [2.75, 3.05) is 0 Å². The molecule has 0 radical (unpaired) electrons. The number of hydroxylamine groups is 1. The Bertz CT molecular complexity index is 472. The van der Waals surface area contributed by atoms with Crippen LogP contribution in [0.25, 0.3) is 0 Å². The normalized spacial score (nSPS) is 16.8. The van der Waals surface area contributed by atoms with Crippen LogP contribution in [0.15, 0.2) is 30.3 Å². The molecule has 1 aliphatic rings. The molecule has 1 aliphatic carbocycles. The van der Waals surface area contributed by atoms with Crippen LogP contribution in [0.1, 0.15) is 43.7 Å². The van der Waals surface area contributed by atoms with E-state index >= 15 is 0 Å². The molecule has 0 saturated heterocycles. The van der Waals surface area contributed by atoms with Crippen LogP contribution in [0.4, 0.5) is 4.79 Å². The summed E-state index contributed by atoms with van der Waals surface area (Å²) in [5, 5.41) is 14.1. The third-order valence-electron chi connectivity index (χ3n) is 3.72. The van der Waals surface area contributed by atoms with Gasteiger partial charge in [-0.3, -0.25) is 10.0 Å². The first-order valence-corrected chi connectivity index (χ1v) is 7.26. The first-order chi connectivity index (χ1) is 10.2. The van der Waals surface area contributed by atoms with Gasteiger partial charge in [0.1, 0.15) is 6.04 Å². The van der Waals surface area contributed by atoms with Crippen molar-refractivity contribution in [3.05, 3.63) is 35.9 Å². The van der Waals surface area contributed by atoms with Crippen LogP contribution in [-0.4, -0.2) is 23.2 Å². The molecule has 1 fully saturated rings. The summed E-state index contributed by atoms with van der Waals surface area (Å²) in [5.74, 6) is -0.253. The van der Waals surface area contributed by atoms with Crippen LogP contribution in [0.5, 0.6) is 0 Å². The fourth-order valence-electron chi connectivity index (χ4n) is 2.64. The van der Waals surface area contributed by atoms with Gasteiger partial charge in [-0.05, 0) is 18.4 Å². The predicted molar refractivity (Wildman–Crippen MR) is 77.7 cm³/mol. The quantitative estimate of drug-likeness (QED) is 0.504. The Kier molecular flexibility index (Phi) is 5.57. The topological polar surface area (TPSA) is 90.5 Å². The number of hydrogen-bond donors (Lipinski definition) is 4. The number of carbonyl (C=O) groups excluding carboxylic acids is 2. The summed E-state index contributed by atoms with van der Waals surface area (Å²) < 4.78 is 0. The van der Waals surface area contributed by atoms with E-state index in [1.807, 2.05) is 6.07 Å². The molecular formula is C15H21N3O3. The largest absolute Gasteiger partial charge is 0.351 e. The summed E-state index contributed by atoms with van der Waals surface area (Å²) in [4.78, 5) is 23.8. The van der Waals surface area contributed by atoms with Crippen molar-refractivity contribution in [2.45, 2.75) is 44.2 Å². The van der Waals surface area contributed by atoms with E-state index in [0.717, 1.165) is 25.7 Å². The van der Waals surface area contributed by atoms with Crippen molar-refractivity contribution in [1.29, 1.82) is 0 Å². The number of urea groups is 1. The molecule has 0 spiro atoms. The van der Waals surface area contributed by atoms with E-state index in [4.69, 9.17) is 5.21 Å². The van der Waals surface area contributed by atoms with Crippen LogP contribution in [0.3, 0.4) is 0 Å². The standard InChI is InChI=1S/C15H21N3O3/c19-14(16-12-9-5-2-6-10-12)13(17-15(20)18-21)11-7-3-1-4-8-11/h1,3-4,7-8,12-13,21H,2,5-6,9-10H2,(H,16,19)(H2,17,18,20). The molecular weight excluding hydrogens is 270 g/mol. The van der Waals surface area contributed by atoms with Crippen LogP contribution >= 0.6 is 0 Å². The minimum absolute atomic E-state index is 0.163. The second-order valence-corrected chi connectivity index (χ2v) is 5.27. The van der Waals surface area contributed by atoms with Crippen molar-refractivity contribution < 1.29 is 14.8 Å². The van der Waals surface area contributed by atoms with Gasteiger partial charge in [-0.1, -0.05) is 49.6 Å². The van der Waals surface area contributed by atoms with Crippen molar-refractivity contribution in [1.82, 2.24) is 16.1 Å². The van der Waals surface area contributed by atoms with Gasteiger partial charge >= 0.3 is 6.03 Å². The molecule has 4 N–H and O–H groups in total. The molecule has 1 saturated carbocycles. The summed E-state index contributed by atoms with van der Waals surface area (Å²) in [6, 6.07) is 7.51. The van der Waals surface area contributed by atoms with Crippen LogP contribution in [0.2, 0.25) is 0 Å². The van der Waals surface area contributed by atoms with Gasteiger partial charge in [0.05, 0.1) is 0 Å². The molecule has 1 aromatic rings. The average molecular weight is 291 g/mol. The van der Waals surface area contributed by atoms with Crippen molar-refractivity contribution >= 4 is 11.9 Å². The Hall–Kier alpha value is -2.08. The first-order valence-electron chi connectivity index (χ1n) is 7.26. The van der Waals surface area contributed by atoms with Crippen LogP contribution in [0, 0.1) is 0 Å². The highest BCUT2D eigenvalue weighted by molar-refractivity contribution is 5.88. The van der Waals surface area contributed by atoms with Gasteiger partial charge < -0.3 is 10.6 Å². The van der Waals surface area contributed by atoms with E-state index < -0.39 is 12.1 Å². The number of hydrogen-bond acceptors (Lipinski definition) is 3. The summed E-state index contributed by atoms with van der Waals surface area (Å²) in [6.45, 7) is 0. The van der Waals surface area contributed by atoms with Gasteiger partial charge in [0.15, 0.2) is 0 Å². The van der Waals surface area contributed by atoms with Crippen molar-refractivity contribution in [3.63, 3.8) is 0 Å². The monoisotopic (exact) mass is 291 g/mol. The lowest BCUT2D eigenvalue weighted by Gasteiger charge is -2.26. The zero-order valence-electron chi connectivity index (χ0n) is 11.8. The Labute approximate surface area is 123 Å². The predicted octanol–water partition coefficient (Wildman–Crippen LogP) is 1.86. The maximum atomic E-state index is 12.4. The maximum absolute atomic E-state index is 12.4. The number of carbonyl (C=O) groups is 2. The lowest BCUT2D eigenvalue weighted by molar-refractivity contribution is -0.124. The van der Waals surface area contributed by atoms with Gasteiger partial charge in [0, 0.05) is 6.04 Å². The van der Waals surface area contributed by atoms with E-state index in [9.17, 15) is 9.59 Å². The second-order valence-electron chi connectivity index (χ2n) is 5.27. The molecule has 0 heterocycles. The van der Waals surface area contributed by atoms with Gasteiger partial charge in [-0.15, -0.1) is 0 Å². The molecule has 1 unspecified atom stereocenters. The van der Waals surface area contributed by atoms with E-state index in [2.05, 4.69) is 10.6 Å². The zero-order chi connectivity index (χ0) is 15.1. The van der Waals surface area contributed by atoms with Gasteiger partial charge in [0.2, 0.25) is 5.91 Å². The molecule has 0 aliphatic heterocycles. The molecule has 3 amide bonds. The smallest absolute Gasteiger partial charge is 0.339 e. The van der Waals surface area contributed by atoms with E-state index in [-0.39, 0.29) is 11.9 Å². The minimum atomic E-state index is -0.819.